The van der Waals surface area contributed by atoms with Crippen LogP contribution in [0.2, 0.25) is 0 Å². The highest BCUT2D eigenvalue weighted by Crippen LogP contribution is 2.41. The smallest absolute Gasteiger partial charge is 0.420 e. The lowest BCUT2D eigenvalue weighted by Gasteiger charge is -2.22. The van der Waals surface area contributed by atoms with Gasteiger partial charge in [-0.25, -0.2) is 0 Å². The second-order valence-electron chi connectivity index (χ2n) is 9.61. The molecule has 0 aliphatic carbocycles. The van der Waals surface area contributed by atoms with Gasteiger partial charge >= 0.3 is 6.18 Å². The SMILES string of the molecule is CCOc1cc(NC(=O)[O-])c(NC(=O)CC(=O)c2cccc(-c3ccnc(COC4CCCCO4)c3)c2)cc1C(F)(F)F. The normalized spacial score (nSPS) is 15.0. The van der Waals surface area contributed by atoms with E-state index in [1.54, 1.807) is 30.5 Å². The number of carbonyl (C=O) groups is 3. The topological polar surface area (TPSA) is 139 Å². The third-order valence-electron chi connectivity index (χ3n) is 6.45. The molecule has 1 fully saturated rings. The molecule has 0 saturated carbocycles. The van der Waals surface area contributed by atoms with Crippen LogP contribution in [0, 0.1) is 0 Å². The van der Waals surface area contributed by atoms with Crippen LogP contribution >= 0.6 is 0 Å². The van der Waals surface area contributed by atoms with E-state index in [9.17, 15) is 32.7 Å². The zero-order chi connectivity index (χ0) is 31.0. The van der Waals surface area contributed by atoms with E-state index in [-0.39, 0.29) is 25.1 Å². The van der Waals surface area contributed by atoms with Gasteiger partial charge in [-0.3, -0.25) is 14.6 Å². The minimum atomic E-state index is -4.87. The highest BCUT2D eigenvalue weighted by atomic mass is 19.4. The van der Waals surface area contributed by atoms with Crippen LogP contribution in [0.1, 0.15) is 54.2 Å². The fraction of sp³-hybridized carbons (Fsp3) is 0.333. The Labute approximate surface area is 245 Å². The van der Waals surface area contributed by atoms with Crippen LogP contribution in [0.5, 0.6) is 5.75 Å². The van der Waals surface area contributed by atoms with Gasteiger partial charge in [0.2, 0.25) is 5.91 Å². The Bertz CT molecular complexity index is 1470. The van der Waals surface area contributed by atoms with Crippen molar-refractivity contribution < 1.29 is 46.9 Å². The summed E-state index contributed by atoms with van der Waals surface area (Å²) in [7, 11) is 0. The molecule has 1 atom stereocenters. The van der Waals surface area contributed by atoms with Crippen molar-refractivity contribution in [1.29, 1.82) is 0 Å². The number of hydrogen-bond acceptors (Lipinski definition) is 8. The predicted octanol–water partition coefficient (Wildman–Crippen LogP) is 5.18. The Morgan fingerprint density at radius 1 is 1.05 bits per heavy atom. The number of ketones is 1. The van der Waals surface area contributed by atoms with Gasteiger partial charge in [-0.15, -0.1) is 0 Å². The molecule has 0 spiro atoms. The molecule has 2 heterocycles. The van der Waals surface area contributed by atoms with Gasteiger partial charge in [0.1, 0.15) is 11.8 Å². The number of anilines is 2. The van der Waals surface area contributed by atoms with Gasteiger partial charge in [-0.05, 0) is 61.6 Å². The largest absolute Gasteiger partial charge is 0.530 e. The van der Waals surface area contributed by atoms with Crippen molar-refractivity contribution in [1.82, 2.24) is 4.98 Å². The first kappa shape index (κ1) is 31.4. The number of ether oxygens (including phenoxy) is 3. The van der Waals surface area contributed by atoms with Crippen LogP contribution in [-0.2, 0) is 27.1 Å². The van der Waals surface area contributed by atoms with E-state index in [1.807, 2.05) is 11.4 Å². The molecule has 13 heteroatoms. The number of pyridine rings is 1. The van der Waals surface area contributed by atoms with E-state index >= 15 is 0 Å². The van der Waals surface area contributed by atoms with Gasteiger partial charge in [0, 0.05) is 24.4 Å². The molecule has 0 bridgehead atoms. The minimum absolute atomic E-state index is 0.128. The standard InChI is InChI=1S/C30H30F3N3O7/c1-2-41-26-15-24(36-29(39)40)23(14-22(26)30(31,32)33)35-27(38)16-25(37)20-7-5-6-18(12-20)19-9-10-34-21(13-19)17-43-28-8-3-4-11-42-28/h5-7,9-10,12-15,28,36H,2-4,8,11,16-17H2,1H3,(H,35,38)(H,39,40)/p-1. The summed E-state index contributed by atoms with van der Waals surface area (Å²) in [5.74, 6) is -2.21. The second-order valence-corrected chi connectivity index (χ2v) is 9.61. The van der Waals surface area contributed by atoms with Crippen LogP contribution < -0.4 is 20.5 Å². The molecule has 4 rings (SSSR count). The van der Waals surface area contributed by atoms with Gasteiger partial charge in [0.15, 0.2) is 12.1 Å². The van der Waals surface area contributed by atoms with Crippen molar-refractivity contribution in [2.24, 2.45) is 0 Å². The second kappa shape index (κ2) is 14.1. The summed E-state index contributed by atoms with van der Waals surface area (Å²) >= 11 is 0. The van der Waals surface area contributed by atoms with E-state index in [2.05, 4.69) is 10.3 Å². The van der Waals surface area contributed by atoms with Crippen LogP contribution in [0.25, 0.3) is 11.1 Å². The first-order valence-electron chi connectivity index (χ1n) is 13.5. The van der Waals surface area contributed by atoms with Crippen molar-refractivity contribution in [2.75, 3.05) is 23.8 Å². The molecule has 2 N–H and O–H groups in total. The lowest BCUT2D eigenvalue weighted by Crippen LogP contribution is -2.29. The Morgan fingerprint density at radius 3 is 2.51 bits per heavy atom. The number of aromatic nitrogens is 1. The van der Waals surface area contributed by atoms with Crippen molar-refractivity contribution in [2.45, 2.75) is 51.7 Å². The van der Waals surface area contributed by atoms with Crippen LogP contribution in [0.3, 0.4) is 0 Å². The number of carbonyl (C=O) groups excluding carboxylic acids is 3. The quantitative estimate of drug-likeness (QED) is 0.227. The van der Waals surface area contributed by atoms with Gasteiger partial charge in [-0.1, -0.05) is 18.2 Å². The average molecular weight is 601 g/mol. The van der Waals surface area contributed by atoms with E-state index < -0.39 is 53.1 Å². The molecule has 43 heavy (non-hydrogen) atoms. The van der Waals surface area contributed by atoms with Crippen LogP contribution in [-0.4, -0.2) is 42.3 Å². The molecule has 1 unspecified atom stereocenters. The molecule has 1 aliphatic rings. The molecule has 2 amide bonds. The summed E-state index contributed by atoms with van der Waals surface area (Å²) in [6.07, 6.45) is -3.23. The number of carboxylic acid groups (broad SMARTS) is 1. The Balaban J connectivity index is 1.48. The summed E-state index contributed by atoms with van der Waals surface area (Å²) in [4.78, 5) is 41.2. The van der Waals surface area contributed by atoms with Gasteiger partial charge < -0.3 is 34.7 Å². The first-order chi connectivity index (χ1) is 20.5. The minimum Gasteiger partial charge on any atom is -0.530 e. The Morgan fingerprint density at radius 2 is 1.81 bits per heavy atom. The number of alkyl halides is 3. The number of halogens is 3. The van der Waals surface area contributed by atoms with E-state index in [1.165, 1.54) is 13.0 Å². The van der Waals surface area contributed by atoms with Crippen LogP contribution in [0.15, 0.2) is 54.7 Å². The van der Waals surface area contributed by atoms with Crippen molar-refractivity contribution in [3.05, 3.63) is 71.5 Å². The molecule has 3 aromatic rings. The fourth-order valence-corrected chi connectivity index (χ4v) is 4.47. The molecular formula is C30H29F3N3O7-. The highest BCUT2D eigenvalue weighted by molar-refractivity contribution is 6.12. The fourth-order valence-electron chi connectivity index (χ4n) is 4.47. The Kier molecular flexibility index (Phi) is 10.3. The lowest BCUT2D eigenvalue weighted by molar-refractivity contribution is -0.242. The summed E-state index contributed by atoms with van der Waals surface area (Å²) < 4.78 is 57.3. The van der Waals surface area contributed by atoms with Gasteiger partial charge in [0.05, 0.1) is 42.3 Å². The molecule has 1 saturated heterocycles. The van der Waals surface area contributed by atoms with Crippen molar-refractivity contribution in [3.8, 4) is 16.9 Å². The van der Waals surface area contributed by atoms with Crippen molar-refractivity contribution in [3.63, 3.8) is 0 Å². The maximum Gasteiger partial charge on any atom is 0.420 e. The third kappa shape index (κ3) is 8.75. The van der Waals surface area contributed by atoms with E-state index in [4.69, 9.17) is 14.2 Å². The number of hydrogen-bond donors (Lipinski definition) is 2. The first-order valence-corrected chi connectivity index (χ1v) is 13.5. The molecule has 0 radical (unpaired) electrons. The molecular weight excluding hydrogens is 571 g/mol. The number of nitrogens with one attached hydrogen (secondary N) is 2. The molecule has 2 aromatic carbocycles. The van der Waals surface area contributed by atoms with Crippen LogP contribution in [0.4, 0.5) is 29.3 Å². The maximum atomic E-state index is 13.6. The van der Waals surface area contributed by atoms with E-state index in [0.717, 1.165) is 30.9 Å². The molecule has 1 aliphatic heterocycles. The zero-order valence-corrected chi connectivity index (χ0v) is 23.2. The molecule has 1 aromatic heterocycles. The lowest BCUT2D eigenvalue weighted by atomic mass is 10.00. The zero-order valence-electron chi connectivity index (χ0n) is 23.2. The summed E-state index contributed by atoms with van der Waals surface area (Å²) in [6, 6.07) is 11.4. The number of rotatable bonds is 11. The monoisotopic (exact) mass is 600 g/mol. The number of benzene rings is 2. The number of Topliss-reactive ketones (excluding diaryl/α,β-unsaturated/α-hetero) is 1. The summed E-state index contributed by atoms with van der Waals surface area (Å²) in [5.41, 5.74) is 0.116. The van der Waals surface area contributed by atoms with Gasteiger partial charge in [-0.2, -0.15) is 13.2 Å². The molecule has 228 valence electrons. The third-order valence-corrected chi connectivity index (χ3v) is 6.45. The molecule has 10 nitrogen and oxygen atoms in total. The van der Waals surface area contributed by atoms with E-state index in [0.29, 0.717) is 23.9 Å². The Hall–Kier alpha value is -4.49. The predicted molar refractivity (Wildman–Crippen MR) is 147 cm³/mol. The summed E-state index contributed by atoms with van der Waals surface area (Å²) in [5, 5.41) is 15.2. The number of nitrogens with zero attached hydrogens (tertiary/aromatic N) is 1. The summed E-state index contributed by atoms with van der Waals surface area (Å²) in [6.45, 7) is 2.23. The average Bonchev–Trinajstić information content (AvgIpc) is 2.97. The maximum absolute atomic E-state index is 13.6. The van der Waals surface area contributed by atoms with Gasteiger partial charge in [0.25, 0.3) is 0 Å². The number of amides is 2. The van der Waals surface area contributed by atoms with Crippen molar-refractivity contribution >= 4 is 29.2 Å². The highest BCUT2D eigenvalue weighted by Gasteiger charge is 2.36.